The number of phenolic OH excluding ortho intramolecular Hbond substituents is 1. The Morgan fingerprint density at radius 3 is 2.25 bits per heavy atom. The number of hydrogen-bond donors (Lipinski definition) is 1. The third-order valence-corrected chi connectivity index (χ3v) is 7.32. The van der Waals surface area contributed by atoms with E-state index in [4.69, 9.17) is 0 Å². The van der Waals surface area contributed by atoms with Crippen LogP contribution in [0, 0.1) is 0 Å². The fraction of sp³-hybridized carbons (Fsp3) is 0.280. The van der Waals surface area contributed by atoms with Crippen molar-refractivity contribution in [2.75, 3.05) is 19.0 Å². The van der Waals surface area contributed by atoms with Crippen molar-refractivity contribution in [3.05, 3.63) is 89.5 Å². The molecule has 2 nitrogen and oxygen atoms in total. The van der Waals surface area contributed by atoms with Gasteiger partial charge in [-0.25, -0.2) is 0 Å². The monoisotopic (exact) mass is 391 g/mol. The van der Waals surface area contributed by atoms with Crippen LogP contribution in [0.15, 0.2) is 72.8 Å². The largest absolute Gasteiger partial charge is 0.507 e. The molecule has 3 heteroatoms. The highest BCUT2D eigenvalue weighted by atomic mass is 31.1. The van der Waals surface area contributed by atoms with Gasteiger partial charge >= 0.3 is 0 Å². The SMILES string of the molecule is CCC(C)(Pc1ccccc1N(C)C)c1cccc(Cc2ccccc2)c1O. The van der Waals surface area contributed by atoms with Gasteiger partial charge in [0, 0.05) is 36.9 Å². The van der Waals surface area contributed by atoms with Gasteiger partial charge in [-0.1, -0.05) is 89.2 Å². The van der Waals surface area contributed by atoms with Crippen molar-refractivity contribution >= 4 is 19.6 Å². The lowest BCUT2D eigenvalue weighted by Gasteiger charge is -2.32. The fourth-order valence-corrected chi connectivity index (χ4v) is 5.33. The molecule has 146 valence electrons. The third kappa shape index (κ3) is 4.39. The molecule has 0 bridgehead atoms. The molecule has 0 radical (unpaired) electrons. The van der Waals surface area contributed by atoms with Crippen LogP contribution in [0.2, 0.25) is 0 Å². The summed E-state index contributed by atoms with van der Waals surface area (Å²) in [5.74, 6) is 0.450. The Kier molecular flexibility index (Phi) is 6.42. The standard InChI is InChI=1S/C25H30NOP/c1-5-25(2,28-23-17-10-9-16-22(23)26(3)4)21-15-11-14-20(24(21)27)18-19-12-7-6-8-13-19/h6-17,27-28H,5,18H2,1-4H3. The van der Waals surface area contributed by atoms with Crippen LogP contribution in [0.4, 0.5) is 5.69 Å². The number of benzene rings is 3. The van der Waals surface area contributed by atoms with E-state index in [0.717, 1.165) is 24.0 Å². The molecule has 2 atom stereocenters. The molecule has 0 amide bonds. The van der Waals surface area contributed by atoms with E-state index >= 15 is 0 Å². The summed E-state index contributed by atoms with van der Waals surface area (Å²) in [6, 6.07) is 25.1. The van der Waals surface area contributed by atoms with E-state index in [1.165, 1.54) is 16.6 Å². The van der Waals surface area contributed by atoms with Crippen molar-refractivity contribution < 1.29 is 5.11 Å². The van der Waals surface area contributed by atoms with Crippen LogP contribution in [0.25, 0.3) is 0 Å². The summed E-state index contributed by atoms with van der Waals surface area (Å²) in [6.07, 6.45) is 1.72. The van der Waals surface area contributed by atoms with E-state index in [-0.39, 0.29) is 5.16 Å². The van der Waals surface area contributed by atoms with Gasteiger partial charge in [-0.15, -0.1) is 0 Å². The average molecular weight is 391 g/mol. The predicted molar refractivity (Wildman–Crippen MR) is 124 cm³/mol. The molecule has 0 aliphatic heterocycles. The van der Waals surface area contributed by atoms with Crippen molar-refractivity contribution in [3.63, 3.8) is 0 Å². The molecule has 0 aliphatic carbocycles. The first-order chi connectivity index (χ1) is 13.4. The summed E-state index contributed by atoms with van der Waals surface area (Å²) in [5, 5.41) is 12.4. The molecular weight excluding hydrogens is 361 g/mol. The van der Waals surface area contributed by atoms with Gasteiger partial charge in [-0.2, -0.15) is 0 Å². The van der Waals surface area contributed by atoms with Gasteiger partial charge in [0.25, 0.3) is 0 Å². The van der Waals surface area contributed by atoms with Crippen molar-refractivity contribution in [2.45, 2.75) is 31.8 Å². The van der Waals surface area contributed by atoms with E-state index in [0.29, 0.717) is 14.3 Å². The average Bonchev–Trinajstić information content (AvgIpc) is 2.70. The second-order valence-electron chi connectivity index (χ2n) is 7.70. The molecule has 3 aromatic carbocycles. The maximum atomic E-state index is 11.2. The Morgan fingerprint density at radius 1 is 0.893 bits per heavy atom. The molecule has 1 N–H and O–H groups in total. The number of para-hydroxylation sites is 2. The van der Waals surface area contributed by atoms with Gasteiger partial charge in [0.05, 0.1) is 0 Å². The molecule has 2 unspecified atom stereocenters. The van der Waals surface area contributed by atoms with Gasteiger partial charge in [-0.3, -0.25) is 0 Å². The summed E-state index contributed by atoms with van der Waals surface area (Å²) < 4.78 is 0. The van der Waals surface area contributed by atoms with Crippen LogP contribution in [-0.2, 0) is 11.6 Å². The van der Waals surface area contributed by atoms with Crippen molar-refractivity contribution in [2.24, 2.45) is 0 Å². The second-order valence-corrected chi connectivity index (χ2v) is 9.59. The van der Waals surface area contributed by atoms with Crippen LogP contribution in [-0.4, -0.2) is 19.2 Å². The topological polar surface area (TPSA) is 23.5 Å². The Hall–Kier alpha value is -2.31. The van der Waals surface area contributed by atoms with Gasteiger partial charge in [0.1, 0.15) is 5.75 Å². The van der Waals surface area contributed by atoms with Gasteiger partial charge in [0.2, 0.25) is 0 Å². The van der Waals surface area contributed by atoms with Crippen LogP contribution < -0.4 is 10.2 Å². The first-order valence-electron chi connectivity index (χ1n) is 9.84. The van der Waals surface area contributed by atoms with Gasteiger partial charge in [0.15, 0.2) is 0 Å². The van der Waals surface area contributed by atoms with Gasteiger partial charge < -0.3 is 10.0 Å². The molecule has 0 saturated heterocycles. The Morgan fingerprint density at radius 2 is 1.57 bits per heavy atom. The van der Waals surface area contributed by atoms with E-state index in [2.05, 4.69) is 81.4 Å². The summed E-state index contributed by atoms with van der Waals surface area (Å²) >= 11 is 0. The van der Waals surface area contributed by atoms with Crippen LogP contribution >= 0.6 is 8.58 Å². The van der Waals surface area contributed by atoms with Crippen molar-refractivity contribution in [3.8, 4) is 5.75 Å². The van der Waals surface area contributed by atoms with Crippen LogP contribution in [0.3, 0.4) is 0 Å². The number of hydrogen-bond acceptors (Lipinski definition) is 2. The normalized spacial score (nSPS) is 13.6. The Balaban J connectivity index is 1.97. The second kappa shape index (κ2) is 8.80. The fourth-order valence-electron chi connectivity index (χ4n) is 3.61. The van der Waals surface area contributed by atoms with Crippen molar-refractivity contribution in [1.82, 2.24) is 0 Å². The number of rotatable bonds is 7. The van der Waals surface area contributed by atoms with E-state index in [1.807, 2.05) is 24.3 Å². The Labute approximate surface area is 171 Å². The zero-order valence-corrected chi connectivity index (χ0v) is 18.2. The molecule has 0 spiro atoms. The first-order valence-corrected chi connectivity index (χ1v) is 10.8. The van der Waals surface area contributed by atoms with E-state index in [9.17, 15) is 5.11 Å². The molecule has 28 heavy (non-hydrogen) atoms. The predicted octanol–water partition coefficient (Wildman–Crippen LogP) is 5.68. The highest BCUT2D eigenvalue weighted by Crippen LogP contribution is 2.48. The van der Waals surface area contributed by atoms with Crippen LogP contribution in [0.1, 0.15) is 37.0 Å². The third-order valence-electron chi connectivity index (χ3n) is 5.45. The number of anilines is 1. The smallest absolute Gasteiger partial charge is 0.123 e. The lowest BCUT2D eigenvalue weighted by atomic mass is 9.92. The molecule has 0 aromatic heterocycles. The van der Waals surface area contributed by atoms with Crippen molar-refractivity contribution in [1.29, 1.82) is 0 Å². The highest BCUT2D eigenvalue weighted by Gasteiger charge is 2.30. The summed E-state index contributed by atoms with van der Waals surface area (Å²) in [7, 11) is 4.75. The first kappa shape index (κ1) is 20.4. The minimum atomic E-state index is -0.108. The highest BCUT2D eigenvalue weighted by molar-refractivity contribution is 7.49. The number of phenols is 1. The Bertz CT molecular complexity index is 923. The molecule has 0 fully saturated rings. The number of aromatic hydroxyl groups is 1. The van der Waals surface area contributed by atoms with Gasteiger partial charge in [-0.05, 0) is 28.9 Å². The molecule has 0 heterocycles. The maximum absolute atomic E-state index is 11.2. The quantitative estimate of drug-likeness (QED) is 0.524. The van der Waals surface area contributed by atoms with E-state index in [1.54, 1.807) is 0 Å². The summed E-state index contributed by atoms with van der Waals surface area (Å²) in [6.45, 7) is 4.49. The summed E-state index contributed by atoms with van der Waals surface area (Å²) in [5.41, 5.74) is 4.51. The number of nitrogens with zero attached hydrogens (tertiary/aromatic N) is 1. The molecular formula is C25H30NOP. The maximum Gasteiger partial charge on any atom is 0.123 e. The van der Waals surface area contributed by atoms with E-state index < -0.39 is 0 Å². The minimum absolute atomic E-state index is 0.108. The molecule has 3 aromatic rings. The minimum Gasteiger partial charge on any atom is -0.507 e. The van der Waals surface area contributed by atoms with Crippen LogP contribution in [0.5, 0.6) is 5.75 Å². The molecule has 3 rings (SSSR count). The molecule has 0 aliphatic rings. The lowest BCUT2D eigenvalue weighted by molar-refractivity contribution is 0.451. The molecule has 0 saturated carbocycles. The zero-order valence-electron chi connectivity index (χ0n) is 17.2. The summed E-state index contributed by atoms with van der Waals surface area (Å²) in [4.78, 5) is 2.17. The zero-order chi connectivity index (χ0) is 20.1. The lowest BCUT2D eigenvalue weighted by Crippen LogP contribution is -2.22.